The van der Waals surface area contributed by atoms with Crippen molar-refractivity contribution in [1.82, 2.24) is 0 Å². The highest BCUT2D eigenvalue weighted by molar-refractivity contribution is 5.50. The highest BCUT2D eigenvalue weighted by Gasteiger charge is 1.93. The molecule has 88 valence electrons. The van der Waals surface area contributed by atoms with E-state index >= 15 is 0 Å². The van der Waals surface area contributed by atoms with Crippen molar-refractivity contribution in [1.29, 1.82) is 0 Å². The summed E-state index contributed by atoms with van der Waals surface area (Å²) in [6, 6.07) is 8.62. The van der Waals surface area contributed by atoms with Crippen LogP contribution in [-0.2, 0) is 6.42 Å². The third-order valence-corrected chi connectivity index (χ3v) is 2.66. The molecule has 1 aromatic carbocycles. The lowest BCUT2D eigenvalue weighted by atomic mass is 10.1. The van der Waals surface area contributed by atoms with Gasteiger partial charge in [-0.25, -0.2) is 0 Å². The normalized spacial score (nSPS) is 13.2. The van der Waals surface area contributed by atoms with Crippen LogP contribution in [0.1, 0.15) is 44.2 Å². The average Bonchev–Trinajstić information content (AvgIpc) is 2.28. The number of aliphatic hydroxyl groups excluding tert-OH is 1. The summed E-state index contributed by atoms with van der Waals surface area (Å²) >= 11 is 0. The molecule has 1 N–H and O–H groups in total. The summed E-state index contributed by atoms with van der Waals surface area (Å²) in [6.45, 7) is 4.01. The van der Waals surface area contributed by atoms with E-state index in [2.05, 4.69) is 43.3 Å². The van der Waals surface area contributed by atoms with Crippen LogP contribution < -0.4 is 0 Å². The van der Waals surface area contributed by atoms with Crippen LogP contribution >= 0.6 is 0 Å². The molecule has 0 aliphatic carbocycles. The third-order valence-electron chi connectivity index (χ3n) is 2.66. The van der Waals surface area contributed by atoms with Crippen LogP contribution in [0.3, 0.4) is 0 Å². The molecule has 0 unspecified atom stereocenters. The lowest BCUT2D eigenvalue weighted by molar-refractivity contribution is 0.182. The summed E-state index contributed by atoms with van der Waals surface area (Å²) in [7, 11) is 0. The number of rotatable bonds is 6. The van der Waals surface area contributed by atoms with Gasteiger partial charge in [0, 0.05) is 0 Å². The third kappa shape index (κ3) is 5.13. The quantitative estimate of drug-likeness (QED) is 0.720. The highest BCUT2D eigenvalue weighted by atomic mass is 16.3. The van der Waals surface area contributed by atoms with Crippen molar-refractivity contribution in [2.75, 3.05) is 0 Å². The summed E-state index contributed by atoms with van der Waals surface area (Å²) in [5.41, 5.74) is 2.66. The molecule has 0 aliphatic rings. The van der Waals surface area contributed by atoms with Crippen LogP contribution in [0, 0.1) is 0 Å². The van der Waals surface area contributed by atoms with E-state index in [9.17, 15) is 0 Å². The molecule has 0 spiro atoms. The Morgan fingerprint density at radius 3 is 2.88 bits per heavy atom. The van der Waals surface area contributed by atoms with Crippen molar-refractivity contribution in [2.45, 2.75) is 45.6 Å². The summed E-state index contributed by atoms with van der Waals surface area (Å²) in [5.74, 6) is 0. The molecule has 0 heterocycles. The first-order valence-corrected chi connectivity index (χ1v) is 6.16. The minimum Gasteiger partial charge on any atom is -0.393 e. The van der Waals surface area contributed by atoms with Gasteiger partial charge in [0.15, 0.2) is 0 Å². The SMILES string of the molecule is CCc1cccc(/C=C/CCC[C@@H](C)O)c1. The maximum atomic E-state index is 9.11. The Kier molecular flexibility index (Phi) is 5.87. The summed E-state index contributed by atoms with van der Waals surface area (Å²) in [4.78, 5) is 0. The molecule has 0 aromatic heterocycles. The standard InChI is InChI=1S/C15H22O/c1-3-14-10-7-11-15(12-14)9-6-4-5-8-13(2)16/h6-7,9-13,16H,3-5,8H2,1-2H3/b9-6+/t13-/m1/s1. The second-order valence-electron chi connectivity index (χ2n) is 4.28. The summed E-state index contributed by atoms with van der Waals surface area (Å²) in [5, 5.41) is 9.11. The van der Waals surface area contributed by atoms with Gasteiger partial charge in [0.25, 0.3) is 0 Å². The Morgan fingerprint density at radius 1 is 1.38 bits per heavy atom. The molecule has 0 bridgehead atoms. The van der Waals surface area contributed by atoms with E-state index in [4.69, 9.17) is 5.11 Å². The van der Waals surface area contributed by atoms with E-state index in [0.29, 0.717) is 0 Å². The zero-order chi connectivity index (χ0) is 11.8. The monoisotopic (exact) mass is 218 g/mol. The molecule has 0 fully saturated rings. The number of aliphatic hydroxyl groups is 1. The largest absolute Gasteiger partial charge is 0.393 e. The van der Waals surface area contributed by atoms with E-state index in [1.54, 1.807) is 0 Å². The highest BCUT2D eigenvalue weighted by Crippen LogP contribution is 2.09. The Bertz CT molecular complexity index is 326. The zero-order valence-electron chi connectivity index (χ0n) is 10.3. The Balaban J connectivity index is 2.37. The van der Waals surface area contributed by atoms with Gasteiger partial charge in [-0.3, -0.25) is 0 Å². The Hall–Kier alpha value is -1.08. The molecule has 0 aliphatic heterocycles. The van der Waals surface area contributed by atoms with Crippen LogP contribution in [0.15, 0.2) is 30.3 Å². The molecule has 1 nitrogen and oxygen atoms in total. The van der Waals surface area contributed by atoms with E-state index in [1.807, 2.05) is 6.92 Å². The van der Waals surface area contributed by atoms with E-state index in [0.717, 1.165) is 25.7 Å². The number of hydrogen-bond acceptors (Lipinski definition) is 1. The van der Waals surface area contributed by atoms with Crippen LogP contribution in [0.4, 0.5) is 0 Å². The molecule has 1 rings (SSSR count). The number of allylic oxidation sites excluding steroid dienone is 1. The molecule has 16 heavy (non-hydrogen) atoms. The van der Waals surface area contributed by atoms with Crippen LogP contribution in [0.2, 0.25) is 0 Å². The molecular formula is C15H22O. The first-order chi connectivity index (χ1) is 7.72. The fourth-order valence-electron chi connectivity index (χ4n) is 1.67. The Labute approximate surface area is 98.8 Å². The van der Waals surface area contributed by atoms with E-state index in [-0.39, 0.29) is 6.10 Å². The molecule has 1 atom stereocenters. The molecule has 0 radical (unpaired) electrons. The average molecular weight is 218 g/mol. The van der Waals surface area contributed by atoms with Crippen molar-refractivity contribution < 1.29 is 5.11 Å². The first-order valence-electron chi connectivity index (χ1n) is 6.16. The van der Waals surface area contributed by atoms with Gasteiger partial charge in [0.05, 0.1) is 6.10 Å². The predicted octanol–water partition coefficient (Wildman–Crippen LogP) is 3.81. The fourth-order valence-corrected chi connectivity index (χ4v) is 1.67. The van der Waals surface area contributed by atoms with Gasteiger partial charge in [-0.2, -0.15) is 0 Å². The van der Waals surface area contributed by atoms with Crippen LogP contribution in [-0.4, -0.2) is 11.2 Å². The number of unbranched alkanes of at least 4 members (excludes halogenated alkanes) is 1. The van der Waals surface area contributed by atoms with Gasteiger partial charge >= 0.3 is 0 Å². The molecule has 0 saturated carbocycles. The minimum atomic E-state index is -0.170. The fraction of sp³-hybridized carbons (Fsp3) is 0.467. The van der Waals surface area contributed by atoms with Crippen molar-refractivity contribution >= 4 is 6.08 Å². The molecular weight excluding hydrogens is 196 g/mol. The van der Waals surface area contributed by atoms with Gasteiger partial charge in [0.1, 0.15) is 0 Å². The molecule has 0 amide bonds. The summed E-state index contributed by atoms with van der Waals surface area (Å²) in [6.07, 6.45) is 8.27. The van der Waals surface area contributed by atoms with Gasteiger partial charge in [0.2, 0.25) is 0 Å². The second kappa shape index (κ2) is 7.24. The minimum absolute atomic E-state index is 0.170. The number of hydrogen-bond donors (Lipinski definition) is 1. The van der Waals surface area contributed by atoms with Crippen molar-refractivity contribution in [3.8, 4) is 0 Å². The van der Waals surface area contributed by atoms with Gasteiger partial charge in [-0.1, -0.05) is 43.3 Å². The smallest absolute Gasteiger partial charge is 0.0512 e. The summed E-state index contributed by atoms with van der Waals surface area (Å²) < 4.78 is 0. The van der Waals surface area contributed by atoms with E-state index < -0.39 is 0 Å². The number of aryl methyl sites for hydroxylation is 1. The lowest BCUT2D eigenvalue weighted by Crippen LogP contribution is -1.97. The van der Waals surface area contributed by atoms with Crippen molar-refractivity contribution in [2.24, 2.45) is 0 Å². The maximum Gasteiger partial charge on any atom is 0.0512 e. The van der Waals surface area contributed by atoms with Gasteiger partial charge in [-0.15, -0.1) is 0 Å². The topological polar surface area (TPSA) is 20.2 Å². The molecule has 1 aromatic rings. The van der Waals surface area contributed by atoms with Crippen LogP contribution in [0.5, 0.6) is 0 Å². The zero-order valence-corrected chi connectivity index (χ0v) is 10.3. The lowest BCUT2D eigenvalue weighted by Gasteiger charge is -2.01. The van der Waals surface area contributed by atoms with Gasteiger partial charge < -0.3 is 5.11 Å². The second-order valence-corrected chi connectivity index (χ2v) is 4.28. The maximum absolute atomic E-state index is 9.11. The number of benzene rings is 1. The predicted molar refractivity (Wildman–Crippen MR) is 70.4 cm³/mol. The van der Waals surface area contributed by atoms with Crippen molar-refractivity contribution in [3.05, 3.63) is 41.5 Å². The van der Waals surface area contributed by atoms with Gasteiger partial charge in [-0.05, 0) is 43.7 Å². The van der Waals surface area contributed by atoms with E-state index in [1.165, 1.54) is 11.1 Å². The Morgan fingerprint density at radius 2 is 2.19 bits per heavy atom. The van der Waals surface area contributed by atoms with Crippen molar-refractivity contribution in [3.63, 3.8) is 0 Å². The van der Waals surface area contributed by atoms with Crippen LogP contribution in [0.25, 0.3) is 6.08 Å². The first kappa shape index (κ1) is 13.0. The molecule has 1 heteroatoms. The molecule has 0 saturated heterocycles.